The Bertz CT molecular complexity index is 96.2. The monoisotopic (exact) mass is 126 g/mol. The highest BCUT2D eigenvalue weighted by Crippen LogP contribution is 2.43. The normalized spacial score (nSPS) is 43.7. The second-order valence-corrected chi connectivity index (χ2v) is 4.01. The summed E-state index contributed by atoms with van der Waals surface area (Å²) in [6.45, 7) is 7.12. The van der Waals surface area contributed by atoms with Crippen molar-refractivity contribution in [2.24, 2.45) is 11.3 Å². The standard InChI is InChI=1S/C9H18/c1-4-9(3)6-5-8(2)7-9/h8H,4-7H2,1-3H3/t8-,9-/m0/s1. The van der Waals surface area contributed by atoms with Crippen LogP contribution in [0, 0.1) is 11.3 Å². The first kappa shape index (κ1) is 7.11. The van der Waals surface area contributed by atoms with Crippen LogP contribution in [0.4, 0.5) is 0 Å². The lowest BCUT2D eigenvalue weighted by atomic mass is 9.85. The van der Waals surface area contributed by atoms with E-state index < -0.39 is 0 Å². The van der Waals surface area contributed by atoms with Gasteiger partial charge in [-0.25, -0.2) is 0 Å². The summed E-state index contributed by atoms with van der Waals surface area (Å²) in [7, 11) is 0. The van der Waals surface area contributed by atoms with Crippen molar-refractivity contribution < 1.29 is 0 Å². The third kappa shape index (κ3) is 1.47. The maximum Gasteiger partial charge on any atom is -0.0326 e. The van der Waals surface area contributed by atoms with Crippen LogP contribution >= 0.6 is 0 Å². The first-order valence-corrected chi connectivity index (χ1v) is 4.16. The average molecular weight is 126 g/mol. The smallest absolute Gasteiger partial charge is 0.0326 e. The minimum atomic E-state index is 0.708. The molecule has 0 heterocycles. The third-order valence-electron chi connectivity index (χ3n) is 2.94. The van der Waals surface area contributed by atoms with Crippen LogP contribution < -0.4 is 0 Å². The molecule has 0 nitrogen and oxygen atoms in total. The van der Waals surface area contributed by atoms with Gasteiger partial charge in [0.05, 0.1) is 0 Å². The quantitative estimate of drug-likeness (QED) is 0.506. The highest BCUT2D eigenvalue weighted by atomic mass is 14.4. The SMILES string of the molecule is CC[C@@]1(C)CC[C@H](C)C1. The largest absolute Gasteiger partial charge is 0.0649 e. The van der Waals surface area contributed by atoms with Crippen molar-refractivity contribution in [3.63, 3.8) is 0 Å². The molecule has 1 saturated carbocycles. The molecule has 1 rings (SSSR count). The molecule has 0 amide bonds. The summed E-state index contributed by atoms with van der Waals surface area (Å²) in [5.41, 5.74) is 0.708. The lowest BCUT2D eigenvalue weighted by molar-refractivity contribution is 0.312. The average Bonchev–Trinajstić information content (AvgIpc) is 2.13. The van der Waals surface area contributed by atoms with Gasteiger partial charge in [-0.2, -0.15) is 0 Å². The molecule has 0 radical (unpaired) electrons. The van der Waals surface area contributed by atoms with Crippen molar-refractivity contribution in [3.05, 3.63) is 0 Å². The van der Waals surface area contributed by atoms with Crippen molar-refractivity contribution in [2.75, 3.05) is 0 Å². The van der Waals surface area contributed by atoms with Crippen LogP contribution in [0.1, 0.15) is 46.5 Å². The molecule has 9 heavy (non-hydrogen) atoms. The Morgan fingerprint density at radius 1 is 1.56 bits per heavy atom. The van der Waals surface area contributed by atoms with Crippen LogP contribution in [-0.4, -0.2) is 0 Å². The van der Waals surface area contributed by atoms with E-state index in [0.29, 0.717) is 5.41 Å². The van der Waals surface area contributed by atoms with Gasteiger partial charge in [-0.1, -0.05) is 33.6 Å². The Morgan fingerprint density at radius 2 is 2.22 bits per heavy atom. The zero-order valence-electron chi connectivity index (χ0n) is 6.91. The number of hydrogen-bond acceptors (Lipinski definition) is 0. The van der Waals surface area contributed by atoms with Gasteiger partial charge < -0.3 is 0 Å². The molecule has 1 aliphatic carbocycles. The Balaban J connectivity index is 2.45. The summed E-state index contributed by atoms with van der Waals surface area (Å²) in [6, 6.07) is 0. The molecule has 2 atom stereocenters. The van der Waals surface area contributed by atoms with Crippen molar-refractivity contribution in [3.8, 4) is 0 Å². The molecular formula is C9H18. The fourth-order valence-electron chi connectivity index (χ4n) is 1.96. The molecular weight excluding hydrogens is 108 g/mol. The minimum Gasteiger partial charge on any atom is -0.0649 e. The topological polar surface area (TPSA) is 0 Å². The van der Waals surface area contributed by atoms with Crippen molar-refractivity contribution >= 4 is 0 Å². The summed E-state index contributed by atoms with van der Waals surface area (Å²) < 4.78 is 0. The first-order valence-electron chi connectivity index (χ1n) is 4.16. The molecule has 1 fully saturated rings. The fraction of sp³-hybridized carbons (Fsp3) is 1.00. The van der Waals surface area contributed by atoms with Gasteiger partial charge in [-0.3, -0.25) is 0 Å². The van der Waals surface area contributed by atoms with Crippen molar-refractivity contribution in [1.29, 1.82) is 0 Å². The van der Waals surface area contributed by atoms with Crippen LogP contribution in [0.15, 0.2) is 0 Å². The molecule has 0 spiro atoms. The van der Waals surface area contributed by atoms with E-state index >= 15 is 0 Å². The first-order chi connectivity index (χ1) is 4.16. The predicted molar refractivity (Wildman–Crippen MR) is 41.4 cm³/mol. The maximum absolute atomic E-state index is 2.43. The van der Waals surface area contributed by atoms with Gasteiger partial charge in [-0.05, 0) is 24.2 Å². The van der Waals surface area contributed by atoms with Gasteiger partial charge in [0.15, 0.2) is 0 Å². The van der Waals surface area contributed by atoms with E-state index in [2.05, 4.69) is 20.8 Å². The van der Waals surface area contributed by atoms with Crippen LogP contribution in [0.25, 0.3) is 0 Å². The van der Waals surface area contributed by atoms with Gasteiger partial charge in [0, 0.05) is 0 Å². The van der Waals surface area contributed by atoms with Gasteiger partial charge in [0.25, 0.3) is 0 Å². The number of hydrogen-bond donors (Lipinski definition) is 0. The van der Waals surface area contributed by atoms with Crippen LogP contribution in [0.3, 0.4) is 0 Å². The Hall–Kier alpha value is 0. The Labute approximate surface area is 58.7 Å². The molecule has 0 saturated heterocycles. The summed E-state index contributed by atoms with van der Waals surface area (Å²) in [4.78, 5) is 0. The van der Waals surface area contributed by atoms with Gasteiger partial charge in [0.1, 0.15) is 0 Å². The molecule has 1 aliphatic rings. The van der Waals surface area contributed by atoms with E-state index in [1.54, 1.807) is 0 Å². The molecule has 0 aromatic heterocycles. The van der Waals surface area contributed by atoms with Crippen molar-refractivity contribution in [2.45, 2.75) is 46.5 Å². The highest BCUT2D eigenvalue weighted by molar-refractivity contribution is 4.82. The fourth-order valence-corrected chi connectivity index (χ4v) is 1.96. The van der Waals surface area contributed by atoms with E-state index in [4.69, 9.17) is 0 Å². The zero-order chi connectivity index (χ0) is 6.91. The van der Waals surface area contributed by atoms with Gasteiger partial charge >= 0.3 is 0 Å². The second-order valence-electron chi connectivity index (χ2n) is 4.01. The van der Waals surface area contributed by atoms with Gasteiger partial charge in [-0.15, -0.1) is 0 Å². The summed E-state index contributed by atoms with van der Waals surface area (Å²) >= 11 is 0. The van der Waals surface area contributed by atoms with E-state index in [1.165, 1.54) is 25.7 Å². The van der Waals surface area contributed by atoms with Gasteiger partial charge in [0.2, 0.25) is 0 Å². The molecule has 0 unspecified atom stereocenters. The lowest BCUT2D eigenvalue weighted by Crippen LogP contribution is -2.08. The van der Waals surface area contributed by atoms with Crippen LogP contribution in [0.5, 0.6) is 0 Å². The predicted octanol–water partition coefficient (Wildman–Crippen LogP) is 3.22. The van der Waals surface area contributed by atoms with E-state index in [-0.39, 0.29) is 0 Å². The molecule has 0 bridgehead atoms. The van der Waals surface area contributed by atoms with Crippen LogP contribution in [0.2, 0.25) is 0 Å². The second kappa shape index (κ2) is 2.32. The van der Waals surface area contributed by atoms with E-state index in [0.717, 1.165) is 5.92 Å². The highest BCUT2D eigenvalue weighted by Gasteiger charge is 2.30. The van der Waals surface area contributed by atoms with E-state index in [9.17, 15) is 0 Å². The van der Waals surface area contributed by atoms with Crippen LogP contribution in [-0.2, 0) is 0 Å². The summed E-state index contributed by atoms with van der Waals surface area (Å²) in [6.07, 6.45) is 5.76. The molecule has 0 aliphatic heterocycles. The molecule has 0 N–H and O–H groups in total. The Kier molecular flexibility index (Phi) is 1.83. The third-order valence-corrected chi connectivity index (χ3v) is 2.94. The molecule has 0 heteroatoms. The summed E-state index contributed by atoms with van der Waals surface area (Å²) in [5, 5.41) is 0. The summed E-state index contributed by atoms with van der Waals surface area (Å²) in [5.74, 6) is 0.995. The molecule has 54 valence electrons. The number of rotatable bonds is 1. The van der Waals surface area contributed by atoms with E-state index in [1.807, 2.05) is 0 Å². The molecule has 0 aromatic rings. The van der Waals surface area contributed by atoms with Crippen molar-refractivity contribution in [1.82, 2.24) is 0 Å². The zero-order valence-corrected chi connectivity index (χ0v) is 6.91. The molecule has 0 aromatic carbocycles. The maximum atomic E-state index is 2.43. The minimum absolute atomic E-state index is 0.708. The Morgan fingerprint density at radius 3 is 2.44 bits per heavy atom. The lowest BCUT2D eigenvalue weighted by Gasteiger charge is -2.20.